The zero-order valence-electron chi connectivity index (χ0n) is 34.8. The van der Waals surface area contributed by atoms with Crippen LogP contribution in [0.2, 0.25) is 0 Å². The van der Waals surface area contributed by atoms with Crippen molar-refractivity contribution >= 4 is 34.8 Å². The summed E-state index contributed by atoms with van der Waals surface area (Å²) in [6, 6.07) is 19.6. The molecule has 0 radical (unpaired) electrons. The lowest BCUT2D eigenvalue weighted by molar-refractivity contribution is -0.140. The van der Waals surface area contributed by atoms with Crippen molar-refractivity contribution in [2.75, 3.05) is 14.2 Å². The predicted octanol–water partition coefficient (Wildman–Crippen LogP) is 7.63. The van der Waals surface area contributed by atoms with Gasteiger partial charge in [0.1, 0.15) is 23.7 Å². The van der Waals surface area contributed by atoms with Gasteiger partial charge in [0.2, 0.25) is 11.8 Å². The highest BCUT2D eigenvalue weighted by Crippen LogP contribution is 2.54. The molecule has 14 nitrogen and oxygen atoms in total. The van der Waals surface area contributed by atoms with Gasteiger partial charge in [-0.2, -0.15) is 0 Å². The first kappa shape index (κ1) is 39.3. The Hall–Kier alpha value is -6.18. The third-order valence-electron chi connectivity index (χ3n) is 13.2. The van der Waals surface area contributed by atoms with Crippen molar-refractivity contribution in [3.05, 3.63) is 84.7 Å². The molecule has 4 aliphatic rings. The molecule has 9 rings (SSSR count). The summed E-state index contributed by atoms with van der Waals surface area (Å²) in [7, 11) is 2.77. The van der Waals surface area contributed by atoms with Gasteiger partial charge in [-0.3, -0.25) is 14.5 Å². The number of ether oxygens (including phenoxy) is 1. The Morgan fingerprint density at radius 3 is 1.75 bits per heavy atom. The van der Waals surface area contributed by atoms with Crippen LogP contribution in [0, 0.1) is 23.7 Å². The van der Waals surface area contributed by atoms with Gasteiger partial charge in [0.05, 0.1) is 43.0 Å². The van der Waals surface area contributed by atoms with Crippen LogP contribution in [0.25, 0.3) is 44.4 Å². The zero-order chi connectivity index (χ0) is 42.1. The summed E-state index contributed by atoms with van der Waals surface area (Å²) in [5.41, 5.74) is 5.89. The third-order valence-corrected chi connectivity index (χ3v) is 13.2. The number of rotatable bonds is 11. The summed E-state index contributed by atoms with van der Waals surface area (Å²) in [5.74, 6) is 1.83. The molecule has 0 bridgehead atoms. The van der Waals surface area contributed by atoms with Crippen molar-refractivity contribution < 1.29 is 29.0 Å². The second-order valence-corrected chi connectivity index (χ2v) is 17.8. The first-order valence-electron chi connectivity index (χ1n) is 21.0. The molecule has 5 aromatic rings. The molecule has 2 saturated carbocycles. The summed E-state index contributed by atoms with van der Waals surface area (Å²) < 4.78 is 4.80. The minimum Gasteiger partial charge on any atom is -0.465 e. The van der Waals surface area contributed by atoms with Gasteiger partial charge < -0.3 is 34.9 Å². The quantitative estimate of drug-likeness (QED) is 0.105. The van der Waals surface area contributed by atoms with Gasteiger partial charge >= 0.3 is 12.2 Å². The van der Waals surface area contributed by atoms with E-state index in [1.807, 2.05) is 49.9 Å². The number of hydrogen-bond acceptors (Lipinski definition) is 7. The Bertz CT molecular complexity index is 2480. The summed E-state index contributed by atoms with van der Waals surface area (Å²) in [5, 5.41) is 14.6. The molecular weight excluding hydrogens is 761 g/mol. The lowest BCUT2D eigenvalue weighted by Crippen LogP contribution is -2.52. The van der Waals surface area contributed by atoms with E-state index in [1.54, 1.807) is 0 Å². The number of aromatic amines is 2. The lowest BCUT2D eigenvalue weighted by Gasteiger charge is -2.35. The number of likely N-dealkylation sites (N-methyl/N-ethyl adjacent to an activating group) is 1. The SMILES string of the molecule is COC(=O)N[C@H](C(=O)N1[C@@H]2C[C@@H]2C[C@H]1c1ncc(-c2ccc3cc(-c4ccc(-c5cnc([C@@H]6C[C@H]7C[C@H]7N6C(=O)[C@H](C(C)C)N(C)C(=O)O)[nH]5)cc4)ccc3c2)[nH]1)C(C)C. The fourth-order valence-corrected chi connectivity index (χ4v) is 9.81. The van der Waals surface area contributed by atoms with Crippen LogP contribution in [0.3, 0.4) is 0 Å². The van der Waals surface area contributed by atoms with E-state index in [0.29, 0.717) is 11.8 Å². The van der Waals surface area contributed by atoms with Crippen LogP contribution in [-0.2, 0) is 14.3 Å². The molecule has 4 heterocycles. The van der Waals surface area contributed by atoms with Gasteiger partial charge in [-0.05, 0) is 89.0 Å². The molecule has 2 aromatic heterocycles. The second kappa shape index (κ2) is 15.1. The lowest BCUT2D eigenvalue weighted by atomic mass is 9.98. The predicted molar refractivity (Wildman–Crippen MR) is 225 cm³/mol. The van der Waals surface area contributed by atoms with Gasteiger partial charge in [0.15, 0.2) is 0 Å². The Labute approximate surface area is 348 Å². The van der Waals surface area contributed by atoms with Gasteiger partial charge in [-0.15, -0.1) is 0 Å². The van der Waals surface area contributed by atoms with Crippen molar-refractivity contribution in [3.8, 4) is 33.6 Å². The van der Waals surface area contributed by atoms with Crippen molar-refractivity contribution in [2.24, 2.45) is 23.7 Å². The molecule has 60 heavy (non-hydrogen) atoms. The molecule has 312 valence electrons. The van der Waals surface area contributed by atoms with Crippen molar-refractivity contribution in [1.82, 2.24) is 40.0 Å². The number of likely N-dealkylation sites (tertiary alicyclic amines) is 2. The number of alkyl carbamates (subject to hydrolysis) is 1. The largest absolute Gasteiger partial charge is 0.465 e. The average molecular weight is 813 g/mol. The Balaban J connectivity index is 0.884. The summed E-state index contributed by atoms with van der Waals surface area (Å²) >= 11 is 0. The number of nitrogens with one attached hydrogen (secondary N) is 3. The van der Waals surface area contributed by atoms with Crippen LogP contribution in [0.5, 0.6) is 0 Å². The van der Waals surface area contributed by atoms with Crippen molar-refractivity contribution in [3.63, 3.8) is 0 Å². The standard InChI is InChI=1S/C46H52N8O6/c1-23(2)39(51-45(57)60-6)43(55)53-35-17-31(35)19-37(53)41-48-22-34(50-41)30-14-13-28-15-27(11-12-29(28)16-30)25-7-9-26(10-8-25)33-21-47-42(49-33)38-20-32-18-36(32)54(38)44(56)40(24(3)4)52(5)46(58)59/h7-16,21-24,31-32,35-40H,17-20H2,1-6H3,(H,47,49)(H,48,50)(H,51,57)(H,58,59)/t31-,32-,35-,36-,37+,38+,39+,40+/m1/s1. The number of carboxylic acid groups (broad SMARTS) is 1. The molecule has 0 unspecified atom stereocenters. The van der Waals surface area contributed by atoms with E-state index in [-0.39, 0.29) is 47.8 Å². The van der Waals surface area contributed by atoms with Crippen LogP contribution in [0.1, 0.15) is 77.1 Å². The number of piperidine rings is 2. The molecule has 2 aliphatic heterocycles. The first-order valence-corrected chi connectivity index (χ1v) is 21.0. The average Bonchev–Trinajstić information content (AvgIpc) is 3.82. The zero-order valence-corrected chi connectivity index (χ0v) is 34.8. The van der Waals surface area contributed by atoms with Crippen molar-refractivity contribution in [2.45, 2.75) is 89.6 Å². The number of carbonyl (C=O) groups is 4. The number of carbonyl (C=O) groups excluding carboxylic acids is 3. The molecule has 4 N–H and O–H groups in total. The number of aromatic nitrogens is 4. The van der Waals surface area contributed by atoms with E-state index in [0.717, 1.165) is 86.6 Å². The van der Waals surface area contributed by atoms with E-state index in [4.69, 9.17) is 14.7 Å². The first-order chi connectivity index (χ1) is 28.8. The van der Waals surface area contributed by atoms with Gasteiger partial charge in [0.25, 0.3) is 0 Å². The van der Waals surface area contributed by atoms with Gasteiger partial charge in [-0.1, -0.05) is 76.2 Å². The van der Waals surface area contributed by atoms with E-state index in [9.17, 15) is 24.3 Å². The smallest absolute Gasteiger partial charge is 0.407 e. The fourth-order valence-electron chi connectivity index (χ4n) is 9.81. The number of H-pyrrole nitrogens is 2. The van der Waals surface area contributed by atoms with E-state index in [2.05, 4.69) is 75.9 Å². The maximum Gasteiger partial charge on any atom is 0.407 e. The van der Waals surface area contributed by atoms with Gasteiger partial charge in [0, 0.05) is 24.7 Å². The molecule has 2 aliphatic carbocycles. The van der Waals surface area contributed by atoms with Gasteiger partial charge in [-0.25, -0.2) is 19.6 Å². The highest BCUT2D eigenvalue weighted by Gasteiger charge is 2.57. The molecular formula is C46H52N8O6. The number of nitrogens with zero attached hydrogens (tertiary/aromatic N) is 5. The topological polar surface area (TPSA) is 177 Å². The molecule has 2 saturated heterocycles. The summed E-state index contributed by atoms with van der Waals surface area (Å²) in [6.45, 7) is 7.61. The molecule has 8 atom stereocenters. The maximum absolute atomic E-state index is 13.9. The summed E-state index contributed by atoms with van der Waals surface area (Å²) in [6.07, 6.45) is 5.51. The van der Waals surface area contributed by atoms with E-state index in [1.165, 1.54) is 14.2 Å². The van der Waals surface area contributed by atoms with Crippen LogP contribution < -0.4 is 5.32 Å². The van der Waals surface area contributed by atoms with Crippen molar-refractivity contribution in [1.29, 1.82) is 0 Å². The molecule has 3 aromatic carbocycles. The minimum atomic E-state index is -1.11. The van der Waals surface area contributed by atoms with Crippen LogP contribution in [0.15, 0.2) is 73.1 Å². The molecule has 14 heteroatoms. The highest BCUT2D eigenvalue weighted by molar-refractivity contribution is 5.91. The van der Waals surface area contributed by atoms with E-state index < -0.39 is 24.3 Å². The Kier molecular flexibility index (Phi) is 9.91. The highest BCUT2D eigenvalue weighted by atomic mass is 16.5. The summed E-state index contributed by atoms with van der Waals surface area (Å²) in [4.78, 5) is 73.1. The minimum absolute atomic E-state index is 0.100. The number of benzene rings is 3. The maximum atomic E-state index is 13.9. The second-order valence-electron chi connectivity index (χ2n) is 17.8. The van der Waals surface area contributed by atoms with Crippen LogP contribution in [0.4, 0.5) is 9.59 Å². The fraction of sp³-hybridized carbons (Fsp3) is 0.435. The number of fused-ring (bicyclic) bond motifs is 3. The monoisotopic (exact) mass is 812 g/mol. The molecule has 0 spiro atoms. The van der Waals surface area contributed by atoms with Crippen LogP contribution in [-0.4, -0.2) is 102 Å². The molecule has 4 amide bonds. The number of imidazole rings is 2. The Morgan fingerprint density at radius 1 is 0.717 bits per heavy atom. The molecule has 4 fully saturated rings. The number of amides is 4. The van der Waals surface area contributed by atoms with E-state index >= 15 is 0 Å². The number of methoxy groups -OCH3 is 1. The third kappa shape index (κ3) is 7.05. The number of hydrogen-bond donors (Lipinski definition) is 4. The Morgan fingerprint density at radius 2 is 1.22 bits per heavy atom. The van der Waals surface area contributed by atoms with Crippen LogP contribution >= 0.6 is 0 Å². The normalized spacial score (nSPS) is 23.7.